The molecular formula is C16H16N2O4. The molecule has 0 aliphatic carbocycles. The maximum atomic E-state index is 12.2. The van der Waals surface area contributed by atoms with E-state index in [2.05, 4.69) is 10.6 Å². The van der Waals surface area contributed by atoms with Crippen LogP contribution >= 0.6 is 0 Å². The number of aryl methyl sites for hydroxylation is 2. The molecule has 1 atom stereocenters. The number of rotatable bonds is 2. The van der Waals surface area contributed by atoms with Crippen molar-refractivity contribution in [3.05, 3.63) is 41.3 Å². The number of anilines is 2. The van der Waals surface area contributed by atoms with Crippen LogP contribution in [0.25, 0.3) is 0 Å². The largest absolute Gasteiger partial charge is 0.479 e. The Morgan fingerprint density at radius 2 is 2.05 bits per heavy atom. The van der Waals surface area contributed by atoms with Gasteiger partial charge in [0.25, 0.3) is 11.8 Å². The number of nitrogens with one attached hydrogen (secondary N) is 2. The summed E-state index contributed by atoms with van der Waals surface area (Å²) in [5.74, 6) is 1.37. The second kappa shape index (κ2) is 5.22. The average molecular weight is 300 g/mol. The highest BCUT2D eigenvalue weighted by Gasteiger charge is 2.24. The van der Waals surface area contributed by atoms with E-state index in [4.69, 9.17) is 9.15 Å². The van der Waals surface area contributed by atoms with Gasteiger partial charge in [0, 0.05) is 5.69 Å². The third-order valence-corrected chi connectivity index (χ3v) is 3.45. The second-order valence-electron chi connectivity index (χ2n) is 5.24. The molecule has 0 spiro atoms. The molecule has 0 radical (unpaired) electrons. The SMILES string of the molecule is Cc1cc(C(=O)Nc2ccc3c(c2)NC(=O)[C@@H](C)O3)c(C)o1. The number of hydrogen-bond acceptors (Lipinski definition) is 4. The van der Waals surface area contributed by atoms with Gasteiger partial charge in [0.05, 0.1) is 11.3 Å². The average Bonchev–Trinajstić information content (AvgIpc) is 2.79. The Morgan fingerprint density at radius 1 is 1.27 bits per heavy atom. The molecule has 0 saturated carbocycles. The monoisotopic (exact) mass is 300 g/mol. The fourth-order valence-corrected chi connectivity index (χ4v) is 2.34. The summed E-state index contributed by atoms with van der Waals surface area (Å²) in [4.78, 5) is 23.9. The van der Waals surface area contributed by atoms with Gasteiger partial charge in [-0.2, -0.15) is 0 Å². The summed E-state index contributed by atoms with van der Waals surface area (Å²) < 4.78 is 10.8. The van der Waals surface area contributed by atoms with Gasteiger partial charge < -0.3 is 19.8 Å². The number of carbonyl (C=O) groups excluding carboxylic acids is 2. The fraction of sp³-hybridized carbons (Fsp3) is 0.250. The molecule has 6 nitrogen and oxygen atoms in total. The van der Waals surface area contributed by atoms with E-state index in [0.29, 0.717) is 34.2 Å². The van der Waals surface area contributed by atoms with Crippen molar-refractivity contribution in [3.63, 3.8) is 0 Å². The third-order valence-electron chi connectivity index (χ3n) is 3.45. The van der Waals surface area contributed by atoms with Crippen LogP contribution in [0.5, 0.6) is 5.75 Å². The number of furan rings is 1. The molecule has 2 amide bonds. The Bertz CT molecular complexity index is 764. The van der Waals surface area contributed by atoms with Crippen molar-refractivity contribution in [1.82, 2.24) is 0 Å². The van der Waals surface area contributed by atoms with Crippen molar-refractivity contribution in [2.45, 2.75) is 26.9 Å². The molecule has 6 heteroatoms. The summed E-state index contributed by atoms with van der Waals surface area (Å²) in [5.41, 5.74) is 1.60. The van der Waals surface area contributed by atoms with E-state index in [-0.39, 0.29) is 11.8 Å². The van der Waals surface area contributed by atoms with E-state index in [1.165, 1.54) is 0 Å². The van der Waals surface area contributed by atoms with Crippen molar-refractivity contribution < 1.29 is 18.7 Å². The van der Waals surface area contributed by atoms with E-state index in [1.807, 2.05) is 0 Å². The number of fused-ring (bicyclic) bond motifs is 1. The van der Waals surface area contributed by atoms with E-state index in [9.17, 15) is 9.59 Å². The lowest BCUT2D eigenvalue weighted by atomic mass is 10.2. The highest BCUT2D eigenvalue weighted by Crippen LogP contribution is 2.32. The number of ether oxygens (including phenoxy) is 1. The van der Waals surface area contributed by atoms with Crippen LogP contribution in [0, 0.1) is 13.8 Å². The molecule has 2 heterocycles. The first kappa shape index (κ1) is 14.2. The standard InChI is InChI=1S/C16H16N2O4/c1-8-6-12(9(2)21-8)16(20)17-11-4-5-14-13(7-11)18-15(19)10(3)22-14/h4-7,10H,1-3H3,(H,17,20)(H,18,19)/t10-/m1/s1. The van der Waals surface area contributed by atoms with Gasteiger partial charge in [-0.15, -0.1) is 0 Å². The topological polar surface area (TPSA) is 80.6 Å². The van der Waals surface area contributed by atoms with Crippen molar-refractivity contribution >= 4 is 23.2 Å². The zero-order valence-corrected chi connectivity index (χ0v) is 12.5. The number of benzene rings is 1. The lowest BCUT2D eigenvalue weighted by Gasteiger charge is -2.23. The molecular weight excluding hydrogens is 284 g/mol. The van der Waals surface area contributed by atoms with Crippen LogP contribution in [0.3, 0.4) is 0 Å². The minimum Gasteiger partial charge on any atom is -0.479 e. The lowest BCUT2D eigenvalue weighted by molar-refractivity contribution is -0.122. The Morgan fingerprint density at radius 3 is 2.73 bits per heavy atom. The summed E-state index contributed by atoms with van der Waals surface area (Å²) in [5, 5.41) is 5.53. The highest BCUT2D eigenvalue weighted by molar-refractivity contribution is 6.06. The molecule has 1 aromatic carbocycles. The first-order valence-corrected chi connectivity index (χ1v) is 6.94. The third kappa shape index (κ3) is 2.55. The molecule has 22 heavy (non-hydrogen) atoms. The fourth-order valence-electron chi connectivity index (χ4n) is 2.34. The molecule has 0 fully saturated rings. The smallest absolute Gasteiger partial charge is 0.265 e. The van der Waals surface area contributed by atoms with E-state index in [0.717, 1.165) is 0 Å². The predicted molar refractivity (Wildman–Crippen MR) is 81.3 cm³/mol. The van der Waals surface area contributed by atoms with Crippen LogP contribution in [-0.2, 0) is 4.79 Å². The highest BCUT2D eigenvalue weighted by atomic mass is 16.5. The first-order valence-electron chi connectivity index (χ1n) is 6.94. The van der Waals surface area contributed by atoms with Gasteiger partial charge >= 0.3 is 0 Å². The van der Waals surface area contributed by atoms with Crippen LogP contribution in [-0.4, -0.2) is 17.9 Å². The first-order chi connectivity index (χ1) is 10.4. The molecule has 1 aliphatic rings. The van der Waals surface area contributed by atoms with E-state index in [1.54, 1.807) is 45.0 Å². The normalized spacial score (nSPS) is 16.5. The number of hydrogen-bond donors (Lipinski definition) is 2. The summed E-state index contributed by atoms with van der Waals surface area (Å²) in [7, 11) is 0. The summed E-state index contributed by atoms with van der Waals surface area (Å²) >= 11 is 0. The minimum absolute atomic E-state index is 0.211. The Balaban J connectivity index is 1.82. The summed E-state index contributed by atoms with van der Waals surface area (Å²) in [6.07, 6.45) is -0.524. The molecule has 2 aromatic rings. The quantitative estimate of drug-likeness (QED) is 0.893. The van der Waals surface area contributed by atoms with Crippen LogP contribution in [0.4, 0.5) is 11.4 Å². The van der Waals surface area contributed by atoms with Crippen LogP contribution in [0.15, 0.2) is 28.7 Å². The molecule has 3 rings (SSSR count). The molecule has 1 aromatic heterocycles. The van der Waals surface area contributed by atoms with Gasteiger partial charge in [-0.1, -0.05) is 0 Å². The van der Waals surface area contributed by atoms with Gasteiger partial charge in [0.2, 0.25) is 0 Å². The number of amides is 2. The summed E-state index contributed by atoms with van der Waals surface area (Å²) in [6.45, 7) is 5.21. The Hall–Kier alpha value is -2.76. The van der Waals surface area contributed by atoms with Crippen molar-refractivity contribution in [3.8, 4) is 5.75 Å². The lowest BCUT2D eigenvalue weighted by Crippen LogP contribution is -2.34. The molecule has 0 saturated heterocycles. The van der Waals surface area contributed by atoms with E-state index < -0.39 is 6.10 Å². The molecule has 114 valence electrons. The molecule has 1 aliphatic heterocycles. The predicted octanol–water partition coefficient (Wildman–Crippen LogP) is 2.87. The molecule has 2 N–H and O–H groups in total. The summed E-state index contributed by atoms with van der Waals surface area (Å²) in [6, 6.07) is 6.80. The maximum Gasteiger partial charge on any atom is 0.265 e. The Labute approximate surface area is 127 Å². The number of carbonyl (C=O) groups is 2. The van der Waals surface area contributed by atoms with Crippen LogP contribution < -0.4 is 15.4 Å². The van der Waals surface area contributed by atoms with Crippen molar-refractivity contribution in [2.24, 2.45) is 0 Å². The van der Waals surface area contributed by atoms with Crippen molar-refractivity contribution in [1.29, 1.82) is 0 Å². The van der Waals surface area contributed by atoms with Crippen molar-refractivity contribution in [2.75, 3.05) is 10.6 Å². The van der Waals surface area contributed by atoms with Gasteiger partial charge in [0.15, 0.2) is 6.10 Å². The Kier molecular flexibility index (Phi) is 3.36. The van der Waals surface area contributed by atoms with Gasteiger partial charge in [0.1, 0.15) is 17.3 Å². The van der Waals surface area contributed by atoms with Crippen LogP contribution in [0.1, 0.15) is 28.8 Å². The van der Waals surface area contributed by atoms with Crippen LogP contribution in [0.2, 0.25) is 0 Å². The molecule has 0 unspecified atom stereocenters. The maximum absolute atomic E-state index is 12.2. The van der Waals surface area contributed by atoms with Gasteiger partial charge in [-0.25, -0.2) is 0 Å². The zero-order chi connectivity index (χ0) is 15.9. The van der Waals surface area contributed by atoms with Gasteiger partial charge in [-0.3, -0.25) is 9.59 Å². The molecule has 0 bridgehead atoms. The second-order valence-corrected chi connectivity index (χ2v) is 5.24. The van der Waals surface area contributed by atoms with Gasteiger partial charge in [-0.05, 0) is 45.0 Å². The van der Waals surface area contributed by atoms with E-state index >= 15 is 0 Å². The minimum atomic E-state index is -0.524. The zero-order valence-electron chi connectivity index (χ0n) is 12.5.